The number of carboxylic acid groups (broad SMARTS) is 1. The number of nitrogens with two attached hydrogens (primary N) is 2. The van der Waals surface area contributed by atoms with Gasteiger partial charge in [0.05, 0.1) is 60.4 Å². The summed E-state index contributed by atoms with van der Waals surface area (Å²) in [5, 5.41) is 27.3. The molecule has 2 fully saturated rings. The monoisotopic (exact) mass is 1370 g/mol. The highest BCUT2D eigenvalue weighted by Crippen LogP contribution is 2.36. The van der Waals surface area contributed by atoms with Gasteiger partial charge in [-0.2, -0.15) is 8.61 Å². The standard InChI is InChI=1S/C37H53N5O7S.C33H45N5O7S/c1-6-14-41(16-8-15-40(5)17-19-48-18-13-35(44)49-37(2,3)4)36(45)31-20-30-12-11-29(22-33(30)39-34(38)23-31)28-9-7-10-32(21-28)50(46,47)42-24-27(25-42)26-43;1-3-11-37(13-5-12-36(2)14-16-45-15-10-32(40)41)33(42)28-17-27-9-8-26(19-30(27)35-31(34)20-28)25-6-4-7-29(18-25)46(43,44)38-21-24(22-38)23-39/h7,9-12,20-22,27,43H,6,8,13-19,23-26H2,1-5H3,(H2,38,39);4,6-9,17-19,24,39H,3,5,10-16,20-23H2,1-2H3,(H2,34,35)(H,40,41). The third kappa shape index (κ3) is 22.1. The minimum atomic E-state index is -3.66. The molecule has 0 aromatic heterocycles. The van der Waals surface area contributed by atoms with E-state index in [-0.39, 0.29) is 84.9 Å². The normalized spacial score (nSPS) is 15.5. The SMILES string of the molecule is CCCN(CCCN(C)CCOCCC(=O)O)C(=O)C1=Cc2ccc(-c3cccc(S(=O)(=O)N4CC(CO)C4)c3)cc2N=C(N)C1.CCCN(CCCN(C)CCOCCC(=O)OC(C)(C)C)C(=O)C1=Cc2ccc(-c3cccc(S(=O)(=O)N4CC(CO)C4)c3)cc2N=C(N)C1. The first-order chi connectivity index (χ1) is 45.7. The number of carbonyl (C=O) groups excluding carboxylic acids is 3. The number of sulfonamides is 2. The minimum Gasteiger partial charge on any atom is -0.481 e. The summed E-state index contributed by atoms with van der Waals surface area (Å²) >= 11 is 0. The van der Waals surface area contributed by atoms with E-state index >= 15 is 0 Å². The van der Waals surface area contributed by atoms with E-state index < -0.39 is 31.6 Å². The van der Waals surface area contributed by atoms with Gasteiger partial charge in [-0.3, -0.25) is 19.2 Å². The predicted molar refractivity (Wildman–Crippen MR) is 373 cm³/mol. The van der Waals surface area contributed by atoms with Crippen molar-refractivity contribution in [3.05, 3.63) is 107 Å². The zero-order chi connectivity index (χ0) is 69.7. The van der Waals surface area contributed by atoms with Gasteiger partial charge in [0.1, 0.15) is 17.3 Å². The van der Waals surface area contributed by atoms with E-state index in [2.05, 4.69) is 19.8 Å². The molecule has 0 bridgehead atoms. The topological polar surface area (TPSA) is 321 Å². The maximum atomic E-state index is 13.8. The van der Waals surface area contributed by atoms with Gasteiger partial charge < -0.3 is 60.6 Å². The number of fused-ring (bicyclic) bond motifs is 2. The summed E-state index contributed by atoms with van der Waals surface area (Å²) < 4.78 is 71.5. The van der Waals surface area contributed by atoms with Gasteiger partial charge in [0.15, 0.2) is 0 Å². The third-order valence-electron chi connectivity index (χ3n) is 16.6. The van der Waals surface area contributed by atoms with E-state index in [0.717, 1.165) is 66.6 Å². The van der Waals surface area contributed by atoms with Gasteiger partial charge in [0.2, 0.25) is 31.9 Å². The smallest absolute Gasteiger partial charge is 0.308 e. The Labute approximate surface area is 566 Å². The number of aliphatic hydroxyl groups excluding tert-OH is 2. The molecule has 2 saturated heterocycles. The van der Waals surface area contributed by atoms with Crippen molar-refractivity contribution in [2.45, 2.75) is 101 Å². The van der Waals surface area contributed by atoms with Crippen molar-refractivity contribution in [3.63, 3.8) is 0 Å². The number of likely N-dealkylation sites (N-methyl/N-ethyl adjacent to an activating group) is 2. The minimum absolute atomic E-state index is 0.0126. The summed E-state index contributed by atoms with van der Waals surface area (Å²) in [6.45, 7) is 17.5. The van der Waals surface area contributed by atoms with Gasteiger partial charge in [0, 0.05) is 126 Å². The van der Waals surface area contributed by atoms with Crippen LogP contribution in [-0.2, 0) is 53.4 Å². The van der Waals surface area contributed by atoms with Crippen LogP contribution in [0.4, 0.5) is 11.4 Å². The van der Waals surface area contributed by atoms with Crippen molar-refractivity contribution in [2.24, 2.45) is 33.3 Å². The summed E-state index contributed by atoms with van der Waals surface area (Å²) in [6, 6.07) is 24.8. The number of aliphatic hydroxyl groups is 2. The Morgan fingerprint density at radius 1 is 0.562 bits per heavy atom. The molecule has 4 aromatic rings. The second kappa shape index (κ2) is 35.8. The number of carboxylic acids is 1. The fourth-order valence-electron chi connectivity index (χ4n) is 11.3. The van der Waals surface area contributed by atoms with Gasteiger partial charge >= 0.3 is 11.9 Å². The van der Waals surface area contributed by atoms with E-state index in [1.807, 2.05) is 119 Å². The molecule has 4 aromatic carbocycles. The number of rotatable bonds is 34. The number of hydrogen-bond donors (Lipinski definition) is 5. The Morgan fingerprint density at radius 3 is 1.35 bits per heavy atom. The zero-order valence-electron chi connectivity index (χ0n) is 56.7. The summed E-state index contributed by atoms with van der Waals surface area (Å²) in [5.41, 5.74) is 19.0. The van der Waals surface area contributed by atoms with Gasteiger partial charge in [-0.1, -0.05) is 62.4 Å². The number of aliphatic imine (C=N–C) groups is 2. The van der Waals surface area contributed by atoms with E-state index in [0.29, 0.717) is 125 Å². The van der Waals surface area contributed by atoms with Gasteiger partial charge in [-0.25, -0.2) is 26.8 Å². The van der Waals surface area contributed by atoms with Crippen molar-refractivity contribution in [2.75, 3.05) is 132 Å². The van der Waals surface area contributed by atoms with Crippen LogP contribution in [0.5, 0.6) is 0 Å². The average Bonchev–Trinajstić information content (AvgIpc) is 0.885. The molecule has 2 amide bonds. The molecule has 7 N–H and O–H groups in total. The van der Waals surface area contributed by atoms with Crippen LogP contribution in [0.1, 0.15) is 97.1 Å². The molecule has 4 heterocycles. The average molecular weight is 1370 g/mol. The third-order valence-corrected chi connectivity index (χ3v) is 20.2. The summed E-state index contributed by atoms with van der Waals surface area (Å²) in [6.07, 6.45) is 7.53. The van der Waals surface area contributed by atoms with Crippen LogP contribution in [0, 0.1) is 11.8 Å². The molecule has 24 nitrogen and oxygen atoms in total. The van der Waals surface area contributed by atoms with Gasteiger partial charge in [-0.15, -0.1) is 0 Å². The lowest BCUT2D eigenvalue weighted by atomic mass is 10.0. The van der Waals surface area contributed by atoms with Crippen molar-refractivity contribution in [1.82, 2.24) is 28.2 Å². The van der Waals surface area contributed by atoms with Crippen molar-refractivity contribution >= 4 is 79.0 Å². The number of amides is 2. The Kier molecular flexibility index (Phi) is 28.4. The molecule has 0 aliphatic carbocycles. The van der Waals surface area contributed by atoms with Crippen molar-refractivity contribution < 1.29 is 65.5 Å². The number of aliphatic carboxylic acids is 1. The molecule has 0 spiro atoms. The molecule has 0 unspecified atom stereocenters. The highest BCUT2D eigenvalue weighted by atomic mass is 32.2. The largest absolute Gasteiger partial charge is 0.481 e. The highest BCUT2D eigenvalue weighted by molar-refractivity contribution is 7.89. The van der Waals surface area contributed by atoms with Crippen LogP contribution in [0.25, 0.3) is 34.4 Å². The second-order valence-electron chi connectivity index (χ2n) is 25.8. The molecule has 4 aliphatic rings. The van der Waals surface area contributed by atoms with Crippen molar-refractivity contribution in [3.8, 4) is 22.3 Å². The number of ether oxygens (including phenoxy) is 3. The fraction of sp³-hybridized carbons (Fsp3) is 0.514. The number of hydrogen-bond acceptors (Lipinski definition) is 19. The maximum absolute atomic E-state index is 13.8. The first-order valence-corrected chi connectivity index (χ1v) is 35.9. The molecular weight excluding hydrogens is 1270 g/mol. The quantitative estimate of drug-likeness (QED) is 0.0236. The molecule has 96 heavy (non-hydrogen) atoms. The van der Waals surface area contributed by atoms with E-state index in [4.69, 9.17) is 30.8 Å². The summed E-state index contributed by atoms with van der Waals surface area (Å²) in [5.74, 6) is -0.696. The van der Waals surface area contributed by atoms with Crippen LogP contribution in [0.2, 0.25) is 0 Å². The van der Waals surface area contributed by atoms with Crippen molar-refractivity contribution in [1.29, 1.82) is 0 Å². The number of esters is 1. The van der Waals surface area contributed by atoms with E-state index in [1.165, 1.54) is 8.61 Å². The Balaban J connectivity index is 0.000000272. The number of benzene rings is 4. The fourth-order valence-corrected chi connectivity index (χ4v) is 14.5. The van der Waals surface area contributed by atoms with Crippen LogP contribution in [0.15, 0.2) is 116 Å². The van der Waals surface area contributed by atoms with E-state index in [9.17, 15) is 46.2 Å². The molecule has 0 radical (unpaired) electrons. The molecule has 524 valence electrons. The van der Waals surface area contributed by atoms with Crippen LogP contribution >= 0.6 is 0 Å². The molecule has 0 saturated carbocycles. The van der Waals surface area contributed by atoms with Crippen LogP contribution in [-0.4, -0.2) is 234 Å². The number of carbonyl (C=O) groups is 4. The Morgan fingerprint density at radius 2 is 0.969 bits per heavy atom. The highest BCUT2D eigenvalue weighted by Gasteiger charge is 2.38. The van der Waals surface area contributed by atoms with Crippen LogP contribution in [0.3, 0.4) is 0 Å². The first-order valence-electron chi connectivity index (χ1n) is 33.0. The number of nitrogens with zero attached hydrogens (tertiary/aromatic N) is 8. The van der Waals surface area contributed by atoms with Gasteiger partial charge in [-0.05, 0) is 144 Å². The predicted octanol–water partition coefficient (Wildman–Crippen LogP) is 6.85. The lowest BCUT2D eigenvalue weighted by Crippen LogP contribution is -2.51. The zero-order valence-corrected chi connectivity index (χ0v) is 58.3. The number of amidine groups is 2. The van der Waals surface area contributed by atoms with Crippen LogP contribution < -0.4 is 11.5 Å². The molecule has 0 atom stereocenters. The lowest BCUT2D eigenvalue weighted by Gasteiger charge is -2.36. The maximum Gasteiger partial charge on any atom is 0.308 e. The molecular formula is C70H98N10O14S2. The Bertz CT molecular complexity index is 3690. The molecule has 4 aliphatic heterocycles. The first kappa shape index (κ1) is 76.1. The summed E-state index contributed by atoms with van der Waals surface area (Å²) in [4.78, 5) is 67.6. The lowest BCUT2D eigenvalue weighted by molar-refractivity contribution is -0.156. The molecule has 26 heteroatoms. The van der Waals surface area contributed by atoms with Gasteiger partial charge in [0.25, 0.3) is 0 Å². The second-order valence-corrected chi connectivity index (χ2v) is 29.7. The van der Waals surface area contributed by atoms with E-state index in [1.54, 1.807) is 36.4 Å². The summed E-state index contributed by atoms with van der Waals surface area (Å²) in [7, 11) is -3.35. The Hall–Kier alpha value is -7.24. The molecule has 8 rings (SSSR count).